The first-order valence-corrected chi connectivity index (χ1v) is 7.60. The Morgan fingerprint density at radius 2 is 2.00 bits per heavy atom. The lowest BCUT2D eigenvalue weighted by Crippen LogP contribution is -2.27. The van der Waals surface area contributed by atoms with Crippen LogP contribution in [0.15, 0.2) is 12.1 Å². The number of ether oxygens (including phenoxy) is 1. The van der Waals surface area contributed by atoms with E-state index in [4.69, 9.17) is 0 Å². The van der Waals surface area contributed by atoms with Crippen molar-refractivity contribution < 1.29 is 29.3 Å². The Morgan fingerprint density at radius 1 is 1.32 bits per heavy atom. The number of carbonyl (C=O) groups excluding carboxylic acids is 3. The van der Waals surface area contributed by atoms with Crippen LogP contribution in [0.25, 0.3) is 0 Å². The van der Waals surface area contributed by atoms with E-state index in [1.165, 1.54) is 19.1 Å². The van der Waals surface area contributed by atoms with Crippen LogP contribution in [-0.2, 0) is 14.3 Å². The molecule has 122 valence electrons. The van der Waals surface area contributed by atoms with E-state index in [2.05, 4.69) is 10.1 Å². The molecule has 2 atom stereocenters. The van der Waals surface area contributed by atoms with Crippen LogP contribution < -0.4 is 5.32 Å². The van der Waals surface area contributed by atoms with Crippen LogP contribution in [0.2, 0.25) is 0 Å². The predicted molar refractivity (Wildman–Crippen MR) is 79.5 cm³/mol. The third kappa shape index (κ3) is 5.21. The molecule has 0 radical (unpaired) electrons. The molecule has 0 fully saturated rings. The SMILES string of the molecule is CCOC(=O)C(=O)c1ccc(C(O)C(O)CCNC(C)=O)s1. The van der Waals surface area contributed by atoms with Gasteiger partial charge in [-0.15, -0.1) is 11.3 Å². The molecule has 1 heterocycles. The van der Waals surface area contributed by atoms with E-state index in [-0.39, 0.29) is 30.4 Å². The zero-order chi connectivity index (χ0) is 16.7. The van der Waals surface area contributed by atoms with E-state index in [9.17, 15) is 24.6 Å². The number of Topliss-reactive ketones (excluding diaryl/α,β-unsaturated/α-hetero) is 1. The topological polar surface area (TPSA) is 113 Å². The molecule has 22 heavy (non-hydrogen) atoms. The molecule has 0 aliphatic rings. The summed E-state index contributed by atoms with van der Waals surface area (Å²) in [5.41, 5.74) is 0. The number of thiophene rings is 1. The van der Waals surface area contributed by atoms with Gasteiger partial charge < -0.3 is 20.3 Å². The largest absolute Gasteiger partial charge is 0.460 e. The average Bonchev–Trinajstić information content (AvgIpc) is 2.95. The molecule has 1 amide bonds. The lowest BCUT2D eigenvalue weighted by atomic mass is 10.1. The predicted octanol–water partition coefficient (Wildman–Crippen LogP) is 0.414. The summed E-state index contributed by atoms with van der Waals surface area (Å²) < 4.78 is 4.62. The zero-order valence-corrected chi connectivity index (χ0v) is 13.2. The van der Waals surface area contributed by atoms with Gasteiger partial charge in [0, 0.05) is 18.3 Å². The molecule has 1 aromatic rings. The van der Waals surface area contributed by atoms with Gasteiger partial charge in [-0.3, -0.25) is 9.59 Å². The minimum atomic E-state index is -1.19. The van der Waals surface area contributed by atoms with E-state index < -0.39 is 24.0 Å². The number of hydrogen-bond acceptors (Lipinski definition) is 7. The third-order valence-corrected chi connectivity index (χ3v) is 3.94. The Kier molecular flexibility index (Phi) is 7.16. The molecule has 1 aromatic heterocycles. The van der Waals surface area contributed by atoms with Crippen molar-refractivity contribution in [3.05, 3.63) is 21.9 Å². The van der Waals surface area contributed by atoms with E-state index in [1.807, 2.05) is 0 Å². The first kappa shape index (κ1) is 18.3. The highest BCUT2D eigenvalue weighted by atomic mass is 32.1. The highest BCUT2D eigenvalue weighted by Crippen LogP contribution is 2.27. The van der Waals surface area contributed by atoms with Gasteiger partial charge in [0.1, 0.15) is 6.10 Å². The summed E-state index contributed by atoms with van der Waals surface area (Å²) in [6.45, 7) is 3.29. The van der Waals surface area contributed by atoms with E-state index in [0.717, 1.165) is 11.3 Å². The minimum Gasteiger partial charge on any atom is -0.460 e. The molecule has 1 rings (SSSR count). The fraction of sp³-hybridized carbons (Fsp3) is 0.500. The van der Waals surface area contributed by atoms with Crippen molar-refractivity contribution in [2.45, 2.75) is 32.5 Å². The summed E-state index contributed by atoms with van der Waals surface area (Å²) in [5, 5.41) is 22.4. The molecule has 0 aliphatic carbocycles. The molecular formula is C14H19NO6S. The maximum Gasteiger partial charge on any atom is 0.380 e. The summed E-state index contributed by atoms with van der Waals surface area (Å²) in [6, 6.07) is 2.88. The number of ketones is 1. The molecule has 0 saturated carbocycles. The molecule has 0 saturated heterocycles. The van der Waals surface area contributed by atoms with Crippen LogP contribution in [0, 0.1) is 0 Å². The summed E-state index contributed by atoms with van der Waals surface area (Å²) in [5.74, 6) is -1.95. The van der Waals surface area contributed by atoms with Crippen molar-refractivity contribution >= 4 is 29.0 Å². The van der Waals surface area contributed by atoms with Gasteiger partial charge in [-0.05, 0) is 25.5 Å². The summed E-state index contributed by atoms with van der Waals surface area (Å²) in [4.78, 5) is 34.3. The molecular weight excluding hydrogens is 310 g/mol. The Morgan fingerprint density at radius 3 is 2.59 bits per heavy atom. The standard InChI is InChI=1S/C14H19NO6S/c1-3-21-14(20)13(19)11-5-4-10(22-11)12(18)9(17)6-7-15-8(2)16/h4-5,9,12,17-18H,3,6-7H2,1-2H3,(H,15,16). The summed E-state index contributed by atoms with van der Waals surface area (Å²) in [7, 11) is 0. The third-order valence-electron chi connectivity index (χ3n) is 2.78. The highest BCUT2D eigenvalue weighted by Gasteiger charge is 2.24. The molecule has 0 aliphatic heterocycles. The van der Waals surface area contributed by atoms with Crippen LogP contribution in [0.4, 0.5) is 0 Å². The van der Waals surface area contributed by atoms with Crippen molar-refractivity contribution in [1.82, 2.24) is 5.32 Å². The first-order chi connectivity index (χ1) is 10.4. The monoisotopic (exact) mass is 329 g/mol. The number of carbonyl (C=O) groups is 3. The van der Waals surface area contributed by atoms with Gasteiger partial charge in [0.2, 0.25) is 5.91 Å². The molecule has 8 heteroatoms. The number of rotatable bonds is 8. The highest BCUT2D eigenvalue weighted by molar-refractivity contribution is 7.14. The molecule has 3 N–H and O–H groups in total. The lowest BCUT2D eigenvalue weighted by molar-refractivity contribution is -0.137. The molecule has 2 unspecified atom stereocenters. The molecule has 0 spiro atoms. The Hall–Kier alpha value is -1.77. The maximum atomic E-state index is 11.7. The second-order valence-electron chi connectivity index (χ2n) is 4.54. The molecule has 7 nitrogen and oxygen atoms in total. The van der Waals surface area contributed by atoms with Gasteiger partial charge in [0.05, 0.1) is 17.6 Å². The number of nitrogens with one attached hydrogen (secondary N) is 1. The summed E-state index contributed by atoms with van der Waals surface area (Å²) in [6.07, 6.45) is -2.11. The first-order valence-electron chi connectivity index (χ1n) is 6.78. The van der Waals surface area contributed by atoms with Gasteiger partial charge in [0.15, 0.2) is 0 Å². The van der Waals surface area contributed by atoms with Crippen molar-refractivity contribution in [1.29, 1.82) is 0 Å². The molecule has 0 bridgehead atoms. The summed E-state index contributed by atoms with van der Waals surface area (Å²) >= 11 is 0.924. The molecule has 0 aromatic carbocycles. The average molecular weight is 329 g/mol. The van der Waals surface area contributed by atoms with E-state index in [0.29, 0.717) is 4.88 Å². The normalized spacial score (nSPS) is 13.3. The number of aliphatic hydroxyl groups is 2. The fourth-order valence-corrected chi connectivity index (χ4v) is 2.65. The van der Waals surface area contributed by atoms with E-state index in [1.54, 1.807) is 6.92 Å². The quantitative estimate of drug-likeness (QED) is 0.362. The van der Waals surface area contributed by atoms with Gasteiger partial charge in [-0.2, -0.15) is 0 Å². The second-order valence-corrected chi connectivity index (χ2v) is 5.65. The van der Waals surface area contributed by atoms with E-state index >= 15 is 0 Å². The van der Waals surface area contributed by atoms with Crippen LogP contribution in [0.5, 0.6) is 0 Å². The lowest BCUT2D eigenvalue weighted by Gasteiger charge is -2.16. The van der Waals surface area contributed by atoms with Crippen LogP contribution >= 0.6 is 11.3 Å². The minimum absolute atomic E-state index is 0.104. The Bertz CT molecular complexity index is 541. The van der Waals surface area contributed by atoms with Crippen LogP contribution in [0.1, 0.15) is 40.9 Å². The van der Waals surface area contributed by atoms with Gasteiger partial charge >= 0.3 is 5.97 Å². The Labute approximate surface area is 131 Å². The van der Waals surface area contributed by atoms with Crippen LogP contribution in [0.3, 0.4) is 0 Å². The van der Waals surface area contributed by atoms with Crippen molar-refractivity contribution in [3.63, 3.8) is 0 Å². The van der Waals surface area contributed by atoms with Gasteiger partial charge in [-0.25, -0.2) is 4.79 Å². The zero-order valence-electron chi connectivity index (χ0n) is 12.4. The Balaban J connectivity index is 2.64. The number of esters is 1. The fourth-order valence-electron chi connectivity index (χ4n) is 1.67. The number of aliphatic hydroxyl groups excluding tert-OH is 2. The number of amides is 1. The van der Waals surface area contributed by atoms with Gasteiger partial charge in [0.25, 0.3) is 5.78 Å². The maximum absolute atomic E-state index is 11.7. The number of hydrogen-bond donors (Lipinski definition) is 3. The second kappa shape index (κ2) is 8.62. The van der Waals surface area contributed by atoms with Crippen molar-refractivity contribution in [2.75, 3.05) is 13.2 Å². The van der Waals surface area contributed by atoms with Crippen LogP contribution in [-0.4, -0.2) is 47.1 Å². The van der Waals surface area contributed by atoms with Crippen molar-refractivity contribution in [3.8, 4) is 0 Å². The smallest absolute Gasteiger partial charge is 0.380 e. The van der Waals surface area contributed by atoms with Crippen molar-refractivity contribution in [2.24, 2.45) is 0 Å². The van der Waals surface area contributed by atoms with Gasteiger partial charge in [-0.1, -0.05) is 0 Å².